The predicted octanol–water partition coefficient (Wildman–Crippen LogP) is 1.32. The highest BCUT2D eigenvalue weighted by Crippen LogP contribution is 2.26. The van der Waals surface area contributed by atoms with Crippen LogP contribution in [0.15, 0.2) is 0 Å². The van der Waals surface area contributed by atoms with Crippen LogP contribution in [-0.2, 0) is 14.3 Å². The summed E-state index contributed by atoms with van der Waals surface area (Å²) in [4.78, 5) is 22.8. The first kappa shape index (κ1) is 13.3. The molecule has 5 nitrogen and oxygen atoms in total. The van der Waals surface area contributed by atoms with Gasteiger partial charge in [-0.3, -0.25) is 9.59 Å². The molecule has 2 aliphatic rings. The van der Waals surface area contributed by atoms with Crippen LogP contribution in [0.4, 0.5) is 0 Å². The fourth-order valence-corrected chi connectivity index (χ4v) is 2.87. The van der Waals surface area contributed by atoms with Gasteiger partial charge in [-0.1, -0.05) is 6.42 Å². The molecule has 18 heavy (non-hydrogen) atoms. The quantitative estimate of drug-likeness (QED) is 0.776. The third kappa shape index (κ3) is 3.45. The zero-order valence-corrected chi connectivity index (χ0v) is 10.6. The third-order valence-corrected chi connectivity index (χ3v) is 3.90. The number of carbonyl (C=O) groups is 2. The molecule has 5 heteroatoms. The molecule has 1 amide bonds. The number of hydrogen-bond acceptors (Lipinski definition) is 3. The van der Waals surface area contributed by atoms with E-state index in [4.69, 9.17) is 9.84 Å². The van der Waals surface area contributed by atoms with Gasteiger partial charge in [0, 0.05) is 19.1 Å². The zero-order chi connectivity index (χ0) is 13.0. The van der Waals surface area contributed by atoms with Crippen molar-refractivity contribution in [1.82, 2.24) is 5.32 Å². The molecule has 2 rings (SSSR count). The van der Waals surface area contributed by atoms with E-state index >= 15 is 0 Å². The zero-order valence-electron chi connectivity index (χ0n) is 10.6. The molecule has 3 atom stereocenters. The first-order chi connectivity index (χ1) is 8.66. The first-order valence-corrected chi connectivity index (χ1v) is 6.80. The molecule has 0 bridgehead atoms. The average Bonchev–Trinajstić information content (AvgIpc) is 2.96. The summed E-state index contributed by atoms with van der Waals surface area (Å²) in [6, 6.07) is -0.181. The summed E-state index contributed by atoms with van der Waals surface area (Å²) in [6.07, 6.45) is 5.85. The van der Waals surface area contributed by atoms with Crippen LogP contribution in [0.5, 0.6) is 0 Å². The van der Waals surface area contributed by atoms with E-state index in [-0.39, 0.29) is 18.1 Å². The topological polar surface area (TPSA) is 75.6 Å². The van der Waals surface area contributed by atoms with Gasteiger partial charge in [0.15, 0.2) is 0 Å². The van der Waals surface area contributed by atoms with E-state index in [1.165, 1.54) is 0 Å². The molecule has 1 heterocycles. The Morgan fingerprint density at radius 3 is 2.72 bits per heavy atom. The Kier molecular flexibility index (Phi) is 4.58. The SMILES string of the molecule is O=C(CCC1CCCO1)NC1CCCC1C(=O)O. The Balaban J connectivity index is 1.71. The number of aliphatic carboxylic acids is 1. The lowest BCUT2D eigenvalue weighted by Crippen LogP contribution is -2.40. The Bertz CT molecular complexity index is 312. The molecule has 1 aliphatic carbocycles. The fraction of sp³-hybridized carbons (Fsp3) is 0.846. The Hall–Kier alpha value is -1.10. The molecule has 1 saturated heterocycles. The van der Waals surface area contributed by atoms with Gasteiger partial charge in [-0.25, -0.2) is 0 Å². The van der Waals surface area contributed by atoms with Crippen LogP contribution in [0, 0.1) is 5.92 Å². The molecule has 2 N–H and O–H groups in total. The molecule has 0 aromatic carbocycles. The molecule has 0 aromatic rings. The molecule has 1 aliphatic heterocycles. The van der Waals surface area contributed by atoms with Gasteiger partial charge in [-0.15, -0.1) is 0 Å². The van der Waals surface area contributed by atoms with Crippen molar-refractivity contribution in [2.24, 2.45) is 5.92 Å². The van der Waals surface area contributed by atoms with Crippen molar-refractivity contribution in [3.8, 4) is 0 Å². The van der Waals surface area contributed by atoms with Crippen molar-refractivity contribution in [3.05, 3.63) is 0 Å². The van der Waals surface area contributed by atoms with Crippen LogP contribution in [-0.4, -0.2) is 35.7 Å². The number of amides is 1. The van der Waals surface area contributed by atoms with Gasteiger partial charge in [-0.05, 0) is 32.1 Å². The number of carboxylic acid groups (broad SMARTS) is 1. The summed E-state index contributed by atoms with van der Waals surface area (Å²) in [5.74, 6) is -1.24. The van der Waals surface area contributed by atoms with Crippen LogP contribution < -0.4 is 5.32 Å². The van der Waals surface area contributed by atoms with Crippen LogP contribution >= 0.6 is 0 Å². The average molecular weight is 255 g/mol. The minimum Gasteiger partial charge on any atom is -0.481 e. The second-order valence-electron chi connectivity index (χ2n) is 5.22. The lowest BCUT2D eigenvalue weighted by atomic mass is 10.0. The maximum absolute atomic E-state index is 11.8. The molecule has 0 spiro atoms. The minimum atomic E-state index is -0.795. The summed E-state index contributed by atoms with van der Waals surface area (Å²) in [6.45, 7) is 0.802. The largest absolute Gasteiger partial charge is 0.481 e. The number of nitrogens with one attached hydrogen (secondary N) is 1. The van der Waals surface area contributed by atoms with Gasteiger partial charge < -0.3 is 15.2 Å². The Morgan fingerprint density at radius 2 is 2.06 bits per heavy atom. The molecular weight excluding hydrogens is 234 g/mol. The van der Waals surface area contributed by atoms with E-state index < -0.39 is 11.9 Å². The molecule has 102 valence electrons. The van der Waals surface area contributed by atoms with Gasteiger partial charge in [0.2, 0.25) is 5.91 Å². The summed E-state index contributed by atoms with van der Waals surface area (Å²) >= 11 is 0. The molecule has 1 saturated carbocycles. The normalized spacial score (nSPS) is 31.4. The lowest BCUT2D eigenvalue weighted by molar-refractivity contribution is -0.142. The molecular formula is C13H21NO4. The van der Waals surface area contributed by atoms with Gasteiger partial charge in [0.25, 0.3) is 0 Å². The van der Waals surface area contributed by atoms with Crippen molar-refractivity contribution in [2.45, 2.75) is 57.1 Å². The highest BCUT2D eigenvalue weighted by atomic mass is 16.5. The van der Waals surface area contributed by atoms with Gasteiger partial charge in [0.05, 0.1) is 12.0 Å². The number of carboxylic acids is 1. The standard InChI is InChI=1S/C13H21NO4/c15-12(7-6-9-3-2-8-18-9)14-11-5-1-4-10(11)13(16)17/h9-11H,1-8H2,(H,14,15)(H,16,17). The minimum absolute atomic E-state index is 0.0383. The monoisotopic (exact) mass is 255 g/mol. The maximum atomic E-state index is 11.8. The fourth-order valence-electron chi connectivity index (χ4n) is 2.87. The summed E-state index contributed by atoms with van der Waals surface area (Å²) in [7, 11) is 0. The van der Waals surface area contributed by atoms with E-state index in [1.54, 1.807) is 0 Å². The Labute approximate surface area is 107 Å². The van der Waals surface area contributed by atoms with Crippen LogP contribution in [0.1, 0.15) is 44.9 Å². The number of rotatable bonds is 5. The van der Waals surface area contributed by atoms with Gasteiger partial charge in [-0.2, -0.15) is 0 Å². The van der Waals surface area contributed by atoms with E-state index in [9.17, 15) is 9.59 Å². The summed E-state index contributed by atoms with van der Waals surface area (Å²) < 4.78 is 5.46. The van der Waals surface area contributed by atoms with Crippen molar-refractivity contribution >= 4 is 11.9 Å². The van der Waals surface area contributed by atoms with E-state index in [1.807, 2.05) is 0 Å². The number of carbonyl (C=O) groups excluding carboxylic acids is 1. The van der Waals surface area contributed by atoms with Crippen molar-refractivity contribution < 1.29 is 19.4 Å². The molecule has 2 fully saturated rings. The van der Waals surface area contributed by atoms with Crippen molar-refractivity contribution in [2.75, 3.05) is 6.61 Å². The molecule has 0 aromatic heterocycles. The first-order valence-electron chi connectivity index (χ1n) is 6.80. The van der Waals surface area contributed by atoms with Gasteiger partial charge in [0.1, 0.15) is 0 Å². The Morgan fingerprint density at radius 1 is 1.22 bits per heavy atom. The number of hydrogen-bond donors (Lipinski definition) is 2. The highest BCUT2D eigenvalue weighted by Gasteiger charge is 2.33. The summed E-state index contributed by atoms with van der Waals surface area (Å²) in [5, 5.41) is 11.9. The van der Waals surface area contributed by atoms with E-state index in [0.717, 1.165) is 38.7 Å². The lowest BCUT2D eigenvalue weighted by Gasteiger charge is -2.18. The predicted molar refractivity (Wildman–Crippen MR) is 65.1 cm³/mol. The van der Waals surface area contributed by atoms with E-state index in [0.29, 0.717) is 12.8 Å². The van der Waals surface area contributed by atoms with Crippen LogP contribution in [0.25, 0.3) is 0 Å². The van der Waals surface area contributed by atoms with Crippen LogP contribution in [0.2, 0.25) is 0 Å². The molecule has 3 unspecified atom stereocenters. The van der Waals surface area contributed by atoms with Crippen LogP contribution in [0.3, 0.4) is 0 Å². The third-order valence-electron chi connectivity index (χ3n) is 3.90. The highest BCUT2D eigenvalue weighted by molar-refractivity contribution is 5.78. The second kappa shape index (κ2) is 6.18. The smallest absolute Gasteiger partial charge is 0.308 e. The summed E-state index contributed by atoms with van der Waals surface area (Å²) in [5.41, 5.74) is 0. The molecule has 0 radical (unpaired) electrons. The van der Waals surface area contributed by atoms with Gasteiger partial charge >= 0.3 is 5.97 Å². The maximum Gasteiger partial charge on any atom is 0.308 e. The number of ether oxygens (including phenoxy) is 1. The second-order valence-corrected chi connectivity index (χ2v) is 5.22. The van der Waals surface area contributed by atoms with Crippen molar-refractivity contribution in [3.63, 3.8) is 0 Å². The van der Waals surface area contributed by atoms with Crippen molar-refractivity contribution in [1.29, 1.82) is 0 Å². The van der Waals surface area contributed by atoms with E-state index in [2.05, 4.69) is 5.32 Å².